The van der Waals surface area contributed by atoms with E-state index in [1.807, 2.05) is 0 Å². The van der Waals surface area contributed by atoms with Crippen molar-refractivity contribution in [2.45, 2.75) is 45.3 Å². The molecule has 0 aliphatic heterocycles. The fraction of sp³-hybridized carbons (Fsp3) is 0.308. The lowest BCUT2D eigenvalue weighted by molar-refractivity contribution is -0.274. The largest absolute Gasteiger partial charge is 0.573 e. The van der Waals surface area contributed by atoms with Crippen molar-refractivity contribution in [3.05, 3.63) is 88.4 Å². The number of pyridine rings is 1. The maximum Gasteiger partial charge on any atom is 0.573 e. The van der Waals surface area contributed by atoms with Gasteiger partial charge >= 0.3 is 6.36 Å². The number of aromatic nitrogens is 6. The summed E-state index contributed by atoms with van der Waals surface area (Å²) in [5.41, 5.74) is 1.41. The van der Waals surface area contributed by atoms with E-state index in [0.717, 1.165) is 5.56 Å². The van der Waals surface area contributed by atoms with Crippen LogP contribution in [0.4, 0.5) is 18.9 Å². The molecule has 0 unspecified atom stereocenters. The van der Waals surface area contributed by atoms with E-state index in [2.05, 4.69) is 30.8 Å². The van der Waals surface area contributed by atoms with Crippen molar-refractivity contribution in [3.63, 3.8) is 0 Å². The molecule has 0 saturated heterocycles. The van der Waals surface area contributed by atoms with Gasteiger partial charge in [0, 0.05) is 50.8 Å². The third kappa shape index (κ3) is 9.05. The fourth-order valence-corrected chi connectivity index (χ4v) is 3.92. The van der Waals surface area contributed by atoms with Crippen molar-refractivity contribution in [1.82, 2.24) is 34.7 Å². The summed E-state index contributed by atoms with van der Waals surface area (Å²) in [6, 6.07) is 8.32. The molecule has 2 amide bonds. The number of amides is 2. The third-order valence-corrected chi connectivity index (χ3v) is 5.80. The number of benzene rings is 1. The Morgan fingerprint density at radius 2 is 1.85 bits per heavy atom. The number of alkyl halides is 3. The molecule has 4 aromatic rings. The highest BCUT2D eigenvalue weighted by atomic mass is 19.4. The Morgan fingerprint density at radius 1 is 1.05 bits per heavy atom. The lowest BCUT2D eigenvalue weighted by Gasteiger charge is -2.10. The zero-order valence-corrected chi connectivity index (χ0v) is 22.0. The SMILES string of the molecule is Cn1cc(CC(=O)Nc2ccn(CCCCn3cc(C(=O)NCc4cccc(OC(F)(F)F)c4)nn3)c(=O)c2)cn1. The number of unbranched alkanes of at least 4 members (excludes halogenated alkanes) is 1. The van der Waals surface area contributed by atoms with E-state index < -0.39 is 12.3 Å². The number of rotatable bonds is 12. The van der Waals surface area contributed by atoms with Crippen LogP contribution in [0.5, 0.6) is 5.75 Å². The number of anilines is 1. The van der Waals surface area contributed by atoms with Gasteiger partial charge in [0.15, 0.2) is 5.69 Å². The molecule has 15 heteroatoms. The molecule has 0 fully saturated rings. The van der Waals surface area contributed by atoms with Gasteiger partial charge in [-0.1, -0.05) is 17.3 Å². The minimum absolute atomic E-state index is 0.0253. The fourth-order valence-electron chi connectivity index (χ4n) is 3.92. The van der Waals surface area contributed by atoms with Gasteiger partial charge in [-0.2, -0.15) is 5.10 Å². The number of carbonyl (C=O) groups excluding carboxylic acids is 2. The number of nitrogens with one attached hydrogen (secondary N) is 2. The maximum atomic E-state index is 12.4. The van der Waals surface area contributed by atoms with E-state index >= 15 is 0 Å². The molecule has 0 atom stereocenters. The van der Waals surface area contributed by atoms with Gasteiger partial charge in [0.1, 0.15) is 5.75 Å². The van der Waals surface area contributed by atoms with Crippen molar-refractivity contribution in [2.24, 2.45) is 7.05 Å². The first-order valence-corrected chi connectivity index (χ1v) is 12.5. The van der Waals surface area contributed by atoms with Gasteiger partial charge in [-0.3, -0.25) is 23.7 Å². The Morgan fingerprint density at radius 3 is 2.59 bits per heavy atom. The highest BCUT2D eigenvalue weighted by molar-refractivity contribution is 5.92. The first-order valence-electron chi connectivity index (χ1n) is 12.5. The zero-order chi connectivity index (χ0) is 29.4. The molecule has 0 aliphatic rings. The molecule has 216 valence electrons. The summed E-state index contributed by atoms with van der Waals surface area (Å²) in [5, 5.41) is 17.1. The standard InChI is InChI=1S/C26H27F3N8O4/c1-35-16-19(15-31-35)12-23(38)32-20-7-10-36(24(39)13-20)8-2-3-9-37-17-22(33-34-37)25(40)30-14-18-5-4-6-21(11-18)41-26(27,28)29/h4-7,10-11,13,15-17H,2-3,8-9,12,14H2,1H3,(H,30,40)(H,32,38). The summed E-state index contributed by atoms with van der Waals surface area (Å²) in [6.07, 6.45) is 3.07. The van der Waals surface area contributed by atoms with Crippen LogP contribution >= 0.6 is 0 Å². The number of nitrogens with zero attached hydrogens (tertiary/aromatic N) is 6. The first kappa shape index (κ1) is 29.0. The number of halogens is 3. The van der Waals surface area contributed by atoms with Crippen LogP contribution < -0.4 is 20.9 Å². The molecule has 0 radical (unpaired) electrons. The normalized spacial score (nSPS) is 11.3. The van der Waals surface area contributed by atoms with Crippen LogP contribution in [0.1, 0.15) is 34.5 Å². The van der Waals surface area contributed by atoms with Crippen LogP contribution in [0.15, 0.2) is 66.0 Å². The van der Waals surface area contributed by atoms with E-state index in [-0.39, 0.29) is 35.9 Å². The van der Waals surface area contributed by atoms with Gasteiger partial charge in [0.25, 0.3) is 11.5 Å². The van der Waals surface area contributed by atoms with E-state index in [1.165, 1.54) is 39.7 Å². The predicted octanol–water partition coefficient (Wildman–Crippen LogP) is 2.66. The van der Waals surface area contributed by atoms with Crippen LogP contribution in [0.25, 0.3) is 0 Å². The molecule has 2 N–H and O–H groups in total. The van der Waals surface area contributed by atoms with E-state index in [1.54, 1.807) is 42.5 Å². The topological polar surface area (TPSA) is 138 Å². The summed E-state index contributed by atoms with van der Waals surface area (Å²) in [5.74, 6) is -1.16. The van der Waals surface area contributed by atoms with E-state index in [9.17, 15) is 27.6 Å². The second-order valence-electron chi connectivity index (χ2n) is 9.15. The van der Waals surface area contributed by atoms with Crippen molar-refractivity contribution in [3.8, 4) is 5.75 Å². The molecule has 0 bridgehead atoms. The molecule has 41 heavy (non-hydrogen) atoms. The number of ether oxygens (including phenoxy) is 1. The summed E-state index contributed by atoms with van der Waals surface area (Å²) in [4.78, 5) is 37.0. The van der Waals surface area contributed by atoms with Crippen LogP contribution in [-0.2, 0) is 37.9 Å². The Bertz CT molecular complexity index is 1560. The predicted molar refractivity (Wildman–Crippen MR) is 140 cm³/mol. The molecule has 0 saturated carbocycles. The van der Waals surface area contributed by atoms with Gasteiger partial charge in [0.2, 0.25) is 5.91 Å². The number of aryl methyl sites for hydroxylation is 3. The lowest BCUT2D eigenvalue weighted by Crippen LogP contribution is -2.23. The van der Waals surface area contributed by atoms with Crippen LogP contribution in [0.2, 0.25) is 0 Å². The number of hydrogen-bond donors (Lipinski definition) is 2. The maximum absolute atomic E-state index is 12.4. The number of carbonyl (C=O) groups is 2. The quantitative estimate of drug-likeness (QED) is 0.249. The van der Waals surface area contributed by atoms with Gasteiger partial charge < -0.3 is 19.9 Å². The molecule has 0 spiro atoms. The highest BCUT2D eigenvalue weighted by Gasteiger charge is 2.31. The van der Waals surface area contributed by atoms with E-state index in [0.29, 0.717) is 37.2 Å². The number of hydrogen-bond acceptors (Lipinski definition) is 7. The molecule has 12 nitrogen and oxygen atoms in total. The van der Waals surface area contributed by atoms with Crippen molar-refractivity contribution in [1.29, 1.82) is 0 Å². The van der Waals surface area contributed by atoms with Gasteiger partial charge in [-0.05, 0) is 42.2 Å². The lowest BCUT2D eigenvalue weighted by atomic mass is 10.2. The van der Waals surface area contributed by atoms with Crippen molar-refractivity contribution >= 4 is 17.5 Å². The molecule has 1 aromatic carbocycles. The third-order valence-electron chi connectivity index (χ3n) is 5.80. The van der Waals surface area contributed by atoms with Gasteiger partial charge in [-0.15, -0.1) is 18.3 Å². The molecular weight excluding hydrogens is 545 g/mol. The highest BCUT2D eigenvalue weighted by Crippen LogP contribution is 2.23. The Labute approximate surface area is 231 Å². The van der Waals surface area contributed by atoms with Gasteiger partial charge in [-0.25, -0.2) is 0 Å². The van der Waals surface area contributed by atoms with Crippen LogP contribution in [0, 0.1) is 0 Å². The average molecular weight is 573 g/mol. The second-order valence-corrected chi connectivity index (χ2v) is 9.15. The zero-order valence-electron chi connectivity index (χ0n) is 22.0. The van der Waals surface area contributed by atoms with Crippen LogP contribution in [-0.4, -0.2) is 47.5 Å². The smallest absolute Gasteiger partial charge is 0.406 e. The summed E-state index contributed by atoms with van der Waals surface area (Å²) >= 11 is 0. The first-order chi connectivity index (χ1) is 19.5. The Hall–Kier alpha value is -4.95. The van der Waals surface area contributed by atoms with Crippen molar-refractivity contribution in [2.75, 3.05) is 5.32 Å². The molecule has 0 aliphatic carbocycles. The van der Waals surface area contributed by atoms with Crippen LogP contribution in [0.3, 0.4) is 0 Å². The molecule has 4 rings (SSSR count). The minimum atomic E-state index is -4.80. The monoisotopic (exact) mass is 572 g/mol. The Balaban J connectivity index is 1.19. The Kier molecular flexibility index (Phi) is 9.16. The molecule has 3 aromatic heterocycles. The summed E-state index contributed by atoms with van der Waals surface area (Å²) in [6.45, 7) is 0.874. The second kappa shape index (κ2) is 12.9. The summed E-state index contributed by atoms with van der Waals surface area (Å²) < 4.78 is 45.7. The van der Waals surface area contributed by atoms with Crippen molar-refractivity contribution < 1.29 is 27.5 Å². The molecular formula is C26H27F3N8O4. The van der Waals surface area contributed by atoms with Gasteiger partial charge in [0.05, 0.1) is 18.8 Å². The molecule has 3 heterocycles. The van der Waals surface area contributed by atoms with E-state index in [4.69, 9.17) is 0 Å². The summed E-state index contributed by atoms with van der Waals surface area (Å²) in [7, 11) is 1.76. The average Bonchev–Trinajstić information content (AvgIpc) is 3.54. The minimum Gasteiger partial charge on any atom is -0.406 e.